The lowest BCUT2D eigenvalue weighted by Gasteiger charge is -2.28. The zero-order chi connectivity index (χ0) is 23.4. The number of hydroxylamine groups is 1. The van der Waals surface area contributed by atoms with Crippen LogP contribution in [0.2, 0.25) is 0 Å². The van der Waals surface area contributed by atoms with Crippen molar-refractivity contribution in [1.29, 1.82) is 10.7 Å². The molecule has 33 heavy (non-hydrogen) atoms. The molecule has 7 heteroatoms. The smallest absolute Gasteiger partial charge is 0.274 e. The lowest BCUT2D eigenvalue weighted by molar-refractivity contribution is 0.0537. The largest absolute Gasteiger partial charge is 0.398 e. The number of nitrogens with zero attached hydrogens (tertiary/aromatic N) is 1. The third-order valence-corrected chi connectivity index (χ3v) is 5.86. The molecule has 0 heterocycles. The lowest BCUT2D eigenvalue weighted by atomic mass is 9.86. The second kappa shape index (κ2) is 9.55. The molecular formula is C26H31N5O2. The van der Waals surface area contributed by atoms with E-state index in [1.54, 1.807) is 30.3 Å². The summed E-state index contributed by atoms with van der Waals surface area (Å²) in [5.74, 6) is -0.383. The van der Waals surface area contributed by atoms with E-state index in [1.165, 1.54) is 18.2 Å². The van der Waals surface area contributed by atoms with E-state index < -0.39 is 0 Å². The van der Waals surface area contributed by atoms with Gasteiger partial charge in [-0.1, -0.05) is 18.2 Å². The molecule has 1 aliphatic carbocycles. The summed E-state index contributed by atoms with van der Waals surface area (Å²) < 4.78 is 0. The molecule has 3 aromatic rings. The highest BCUT2D eigenvalue weighted by atomic mass is 16.6. The third-order valence-electron chi connectivity index (χ3n) is 5.86. The van der Waals surface area contributed by atoms with Gasteiger partial charge >= 0.3 is 0 Å². The number of fused-ring (bicyclic) bond motifs is 1. The molecule has 0 aromatic heterocycles. The second-order valence-electron chi connectivity index (χ2n) is 8.01. The number of benzene rings is 3. The Morgan fingerprint density at radius 2 is 2.00 bits per heavy atom. The first-order chi connectivity index (χ1) is 16.0. The van der Waals surface area contributed by atoms with Crippen molar-refractivity contribution in [3.8, 4) is 6.07 Å². The van der Waals surface area contributed by atoms with Crippen LogP contribution < -0.4 is 16.5 Å². The van der Waals surface area contributed by atoms with Crippen LogP contribution >= 0.6 is 0 Å². The molecular weight excluding hydrogens is 414 g/mol. The number of carbonyl (C=O) groups excluding carboxylic acids is 1. The Labute approximate surface area is 197 Å². The van der Waals surface area contributed by atoms with Gasteiger partial charge in [0.1, 0.15) is 0 Å². The van der Waals surface area contributed by atoms with Gasteiger partial charge in [0.05, 0.1) is 30.5 Å². The standard InChI is InChI=1S/C26H25N5O2.3H2/c1-33-31-26(32)19-6-2-5-18(13-19)25(29)22-14-20(9-11-23(22)28)30-24-7-3-4-17-12-16(15-27)8-10-21(17)24;;;/h2,5-6,8-14,24,29-30H,3-4,7,28H2,1H3,(H,31,32);3*1H/t24-;;;/m0.../s1. The van der Waals surface area contributed by atoms with E-state index in [1.807, 2.05) is 30.3 Å². The Morgan fingerprint density at radius 3 is 2.79 bits per heavy atom. The fourth-order valence-corrected chi connectivity index (χ4v) is 4.22. The molecule has 0 saturated heterocycles. The van der Waals surface area contributed by atoms with Crippen LogP contribution in [0.3, 0.4) is 0 Å². The van der Waals surface area contributed by atoms with Crippen molar-refractivity contribution in [3.05, 3.63) is 94.0 Å². The maximum atomic E-state index is 12.1. The van der Waals surface area contributed by atoms with E-state index in [2.05, 4.69) is 16.9 Å². The van der Waals surface area contributed by atoms with Crippen LogP contribution in [-0.4, -0.2) is 18.7 Å². The zero-order valence-electron chi connectivity index (χ0n) is 18.3. The van der Waals surface area contributed by atoms with Crippen LogP contribution in [0.1, 0.15) is 61.3 Å². The summed E-state index contributed by atoms with van der Waals surface area (Å²) in [5.41, 5.74) is 14.7. The van der Waals surface area contributed by atoms with Gasteiger partial charge in [-0.3, -0.25) is 15.0 Å². The maximum Gasteiger partial charge on any atom is 0.274 e. The van der Waals surface area contributed by atoms with Crippen molar-refractivity contribution in [2.24, 2.45) is 0 Å². The second-order valence-corrected chi connectivity index (χ2v) is 8.01. The van der Waals surface area contributed by atoms with E-state index in [0.29, 0.717) is 27.9 Å². The van der Waals surface area contributed by atoms with Gasteiger partial charge in [0, 0.05) is 32.3 Å². The molecule has 0 fully saturated rings. The van der Waals surface area contributed by atoms with Gasteiger partial charge in [0.15, 0.2) is 0 Å². The summed E-state index contributed by atoms with van der Waals surface area (Å²) in [5, 5.41) is 21.5. The molecule has 1 atom stereocenters. The van der Waals surface area contributed by atoms with Crippen molar-refractivity contribution >= 4 is 23.0 Å². The van der Waals surface area contributed by atoms with E-state index in [4.69, 9.17) is 16.0 Å². The number of anilines is 2. The summed E-state index contributed by atoms with van der Waals surface area (Å²) in [6.45, 7) is 0. The van der Waals surface area contributed by atoms with Crippen LogP contribution in [-0.2, 0) is 11.3 Å². The number of rotatable bonds is 6. The minimum atomic E-state index is -0.383. The molecule has 0 unspecified atom stereocenters. The molecule has 3 aromatic carbocycles. The average molecular weight is 446 g/mol. The van der Waals surface area contributed by atoms with Gasteiger partial charge in [-0.2, -0.15) is 5.26 Å². The number of amides is 1. The summed E-state index contributed by atoms with van der Waals surface area (Å²) in [4.78, 5) is 16.8. The van der Waals surface area contributed by atoms with E-state index in [0.717, 1.165) is 24.9 Å². The van der Waals surface area contributed by atoms with Crippen LogP contribution in [0.5, 0.6) is 0 Å². The summed E-state index contributed by atoms with van der Waals surface area (Å²) in [7, 11) is 1.37. The van der Waals surface area contributed by atoms with Crippen LogP contribution in [0.4, 0.5) is 11.4 Å². The first-order valence-corrected chi connectivity index (χ1v) is 10.7. The number of hydrogen-bond donors (Lipinski definition) is 4. The molecule has 1 amide bonds. The van der Waals surface area contributed by atoms with Crippen molar-refractivity contribution < 1.29 is 13.9 Å². The van der Waals surface area contributed by atoms with Crippen LogP contribution in [0, 0.1) is 16.7 Å². The van der Waals surface area contributed by atoms with Crippen molar-refractivity contribution in [3.63, 3.8) is 0 Å². The number of nitriles is 1. The van der Waals surface area contributed by atoms with E-state index in [9.17, 15) is 10.1 Å². The van der Waals surface area contributed by atoms with Crippen molar-refractivity contribution in [1.82, 2.24) is 5.48 Å². The molecule has 7 nitrogen and oxygen atoms in total. The number of nitrogen functional groups attached to an aromatic ring is 1. The Kier molecular flexibility index (Phi) is 6.38. The quantitative estimate of drug-likeness (QED) is 0.239. The number of aryl methyl sites for hydroxylation is 1. The maximum absolute atomic E-state index is 12.1. The number of hydrogen-bond acceptors (Lipinski definition) is 6. The van der Waals surface area contributed by atoms with E-state index in [-0.39, 0.29) is 21.9 Å². The van der Waals surface area contributed by atoms with E-state index >= 15 is 0 Å². The molecule has 1 aliphatic rings. The van der Waals surface area contributed by atoms with Gasteiger partial charge in [-0.15, -0.1) is 0 Å². The summed E-state index contributed by atoms with van der Waals surface area (Å²) >= 11 is 0. The first-order valence-electron chi connectivity index (χ1n) is 10.7. The highest BCUT2D eigenvalue weighted by Gasteiger charge is 2.21. The van der Waals surface area contributed by atoms with Gasteiger partial charge in [-0.05, 0) is 72.9 Å². The molecule has 0 aliphatic heterocycles. The van der Waals surface area contributed by atoms with Crippen molar-refractivity contribution in [2.45, 2.75) is 25.3 Å². The minimum absolute atomic E-state index is 0. The molecule has 0 bridgehead atoms. The predicted octanol–water partition coefficient (Wildman–Crippen LogP) is 5.08. The van der Waals surface area contributed by atoms with Gasteiger partial charge in [0.2, 0.25) is 0 Å². The highest BCUT2D eigenvalue weighted by molar-refractivity contribution is 6.15. The lowest BCUT2D eigenvalue weighted by Crippen LogP contribution is -2.22. The normalized spacial score (nSPS) is 14.6. The SMILES string of the molecule is CONC(=O)c1cccc(C(=N)c2cc(N[C@H]3CCCc4cc(C#N)ccc43)ccc2N)c1.[HH].[HH].[HH]. The fourth-order valence-electron chi connectivity index (χ4n) is 4.22. The number of carbonyl (C=O) groups is 1. The van der Waals surface area contributed by atoms with Gasteiger partial charge < -0.3 is 11.1 Å². The van der Waals surface area contributed by atoms with Crippen molar-refractivity contribution in [2.75, 3.05) is 18.2 Å². The third kappa shape index (κ3) is 4.71. The number of nitrogens with two attached hydrogens (primary N) is 1. The monoisotopic (exact) mass is 445 g/mol. The summed E-state index contributed by atoms with van der Waals surface area (Å²) in [6, 6.07) is 20.6. The molecule has 0 spiro atoms. The molecule has 5 N–H and O–H groups in total. The Bertz CT molecular complexity index is 1280. The Balaban J connectivity index is 0.00000216. The average Bonchev–Trinajstić information content (AvgIpc) is 2.84. The van der Waals surface area contributed by atoms with Crippen LogP contribution in [0.15, 0.2) is 60.7 Å². The number of nitrogens with one attached hydrogen (secondary N) is 3. The molecule has 172 valence electrons. The topological polar surface area (TPSA) is 124 Å². The molecule has 4 rings (SSSR count). The fraction of sp³-hybridized carbons (Fsp3) is 0.192. The van der Waals surface area contributed by atoms with Gasteiger partial charge in [0.25, 0.3) is 5.91 Å². The zero-order valence-corrected chi connectivity index (χ0v) is 18.3. The first kappa shape index (κ1) is 22.1. The van der Waals surface area contributed by atoms with Crippen LogP contribution in [0.25, 0.3) is 0 Å². The van der Waals surface area contributed by atoms with Gasteiger partial charge in [-0.25, -0.2) is 5.48 Å². The highest BCUT2D eigenvalue weighted by Crippen LogP contribution is 2.34. The summed E-state index contributed by atoms with van der Waals surface area (Å²) in [6.07, 6.45) is 2.98. The minimum Gasteiger partial charge on any atom is -0.398 e. The molecule has 0 radical (unpaired) electrons. The Morgan fingerprint density at radius 1 is 1.18 bits per heavy atom. The predicted molar refractivity (Wildman–Crippen MR) is 135 cm³/mol. The molecule has 0 saturated carbocycles. The Hall–Kier alpha value is -4.15.